The molecule has 4 rings (SSSR count). The van der Waals surface area contributed by atoms with Gasteiger partial charge in [0.15, 0.2) is 5.69 Å². The molecule has 204 valence electrons. The van der Waals surface area contributed by atoms with Crippen LogP contribution in [0.15, 0.2) is 36.4 Å². The first-order chi connectivity index (χ1) is 18.3. The van der Waals surface area contributed by atoms with Crippen molar-refractivity contribution in [3.05, 3.63) is 53.3 Å². The van der Waals surface area contributed by atoms with Gasteiger partial charge in [-0.15, -0.1) is 0 Å². The van der Waals surface area contributed by atoms with Crippen molar-refractivity contribution < 1.29 is 19.2 Å². The van der Waals surface area contributed by atoms with Crippen LogP contribution in [-0.2, 0) is 22.7 Å². The molecule has 2 aliphatic rings. The van der Waals surface area contributed by atoms with Crippen molar-refractivity contribution in [2.24, 2.45) is 0 Å². The van der Waals surface area contributed by atoms with Gasteiger partial charge in [-0.25, -0.2) is 0 Å². The molecule has 38 heavy (non-hydrogen) atoms. The largest absolute Gasteiger partial charge is 0.339 e. The van der Waals surface area contributed by atoms with Gasteiger partial charge in [0.25, 0.3) is 11.8 Å². The summed E-state index contributed by atoms with van der Waals surface area (Å²) in [6.45, 7) is 9.55. The monoisotopic (exact) mass is 522 g/mol. The summed E-state index contributed by atoms with van der Waals surface area (Å²) < 4.78 is 1.65. The molecule has 0 aliphatic carbocycles. The zero-order chi connectivity index (χ0) is 27.2. The number of aryl methyl sites for hydroxylation is 1. The van der Waals surface area contributed by atoms with Crippen molar-refractivity contribution in [2.75, 3.05) is 39.3 Å². The molecule has 1 atom stereocenters. The Morgan fingerprint density at radius 1 is 1.00 bits per heavy atom. The van der Waals surface area contributed by atoms with Crippen molar-refractivity contribution in [3.63, 3.8) is 0 Å². The number of carbonyl (C=O) groups is 4. The maximum atomic E-state index is 13.6. The highest BCUT2D eigenvalue weighted by atomic mass is 16.2. The molecule has 10 nitrogen and oxygen atoms in total. The molecule has 4 amide bonds. The lowest BCUT2D eigenvalue weighted by Gasteiger charge is -2.35. The summed E-state index contributed by atoms with van der Waals surface area (Å²) >= 11 is 0. The SMILES string of the molecule is CC[C@H](C)N(CCC(=O)N1CCN(C(C)=O)CC1)C(=O)c1cc2n(n1)CCCN(Cc1ccccc1)C2=O. The average molecular weight is 523 g/mol. The lowest BCUT2D eigenvalue weighted by Crippen LogP contribution is -2.50. The molecule has 1 fully saturated rings. The van der Waals surface area contributed by atoms with Crippen molar-refractivity contribution in [1.82, 2.24) is 29.4 Å². The summed E-state index contributed by atoms with van der Waals surface area (Å²) in [5, 5.41) is 4.53. The highest BCUT2D eigenvalue weighted by molar-refractivity contribution is 5.98. The second kappa shape index (κ2) is 12.2. The number of fused-ring (bicyclic) bond motifs is 1. The number of carbonyl (C=O) groups excluding carboxylic acids is 4. The zero-order valence-corrected chi connectivity index (χ0v) is 22.6. The van der Waals surface area contributed by atoms with Crippen molar-refractivity contribution in [2.45, 2.75) is 59.2 Å². The molecule has 1 aromatic carbocycles. The Labute approximate surface area is 224 Å². The Hall–Kier alpha value is -3.69. The molecule has 2 aliphatic heterocycles. The smallest absolute Gasteiger partial charge is 0.274 e. The van der Waals surface area contributed by atoms with E-state index in [2.05, 4.69) is 5.10 Å². The fourth-order valence-corrected chi connectivity index (χ4v) is 5.03. The number of benzene rings is 1. The van der Waals surface area contributed by atoms with E-state index in [9.17, 15) is 19.2 Å². The van der Waals surface area contributed by atoms with E-state index in [4.69, 9.17) is 0 Å². The van der Waals surface area contributed by atoms with Gasteiger partial charge in [0.05, 0.1) is 0 Å². The van der Waals surface area contributed by atoms with Gasteiger partial charge in [0.2, 0.25) is 11.8 Å². The van der Waals surface area contributed by atoms with Gasteiger partial charge in [0, 0.05) is 77.8 Å². The minimum absolute atomic E-state index is 0.0192. The fraction of sp³-hybridized carbons (Fsp3) is 0.536. The van der Waals surface area contributed by atoms with E-state index in [1.165, 1.54) is 6.92 Å². The highest BCUT2D eigenvalue weighted by Gasteiger charge is 2.30. The van der Waals surface area contributed by atoms with Crippen LogP contribution in [0, 0.1) is 0 Å². The van der Waals surface area contributed by atoms with E-state index in [0.29, 0.717) is 51.5 Å². The first-order valence-electron chi connectivity index (χ1n) is 13.5. The van der Waals surface area contributed by atoms with Gasteiger partial charge in [0.1, 0.15) is 5.69 Å². The maximum Gasteiger partial charge on any atom is 0.274 e. The number of hydrogen-bond donors (Lipinski definition) is 0. The van der Waals surface area contributed by atoms with Gasteiger partial charge in [-0.1, -0.05) is 37.3 Å². The molecule has 0 N–H and O–H groups in total. The molecule has 2 aromatic rings. The molecule has 0 radical (unpaired) electrons. The van der Waals surface area contributed by atoms with Crippen molar-refractivity contribution in [1.29, 1.82) is 0 Å². The van der Waals surface area contributed by atoms with Crippen LogP contribution < -0.4 is 0 Å². The lowest BCUT2D eigenvalue weighted by atomic mass is 10.1. The minimum atomic E-state index is -0.267. The summed E-state index contributed by atoms with van der Waals surface area (Å²) in [5.41, 5.74) is 1.71. The number of aromatic nitrogens is 2. The molecule has 10 heteroatoms. The van der Waals surface area contributed by atoms with Crippen molar-refractivity contribution >= 4 is 23.6 Å². The maximum absolute atomic E-state index is 13.6. The van der Waals surface area contributed by atoms with E-state index in [-0.39, 0.29) is 48.3 Å². The third kappa shape index (κ3) is 6.23. The molecule has 0 unspecified atom stereocenters. The molecule has 0 spiro atoms. The summed E-state index contributed by atoms with van der Waals surface area (Å²) in [7, 11) is 0. The van der Waals surface area contributed by atoms with Crippen LogP contribution in [0.3, 0.4) is 0 Å². The summed E-state index contributed by atoms with van der Waals surface area (Å²) in [5.74, 6) is -0.406. The number of rotatable bonds is 8. The topological polar surface area (TPSA) is 99.1 Å². The quantitative estimate of drug-likeness (QED) is 0.530. The summed E-state index contributed by atoms with van der Waals surface area (Å²) in [6, 6.07) is 11.4. The van der Waals surface area contributed by atoms with Gasteiger partial charge in [-0.2, -0.15) is 5.10 Å². The number of nitrogens with zero attached hydrogens (tertiary/aromatic N) is 6. The van der Waals surface area contributed by atoms with Crippen LogP contribution in [0.5, 0.6) is 0 Å². The Morgan fingerprint density at radius 2 is 1.68 bits per heavy atom. The van der Waals surface area contributed by atoms with E-state index in [1.54, 1.807) is 30.3 Å². The molecule has 0 bridgehead atoms. The first kappa shape index (κ1) is 27.3. The van der Waals surface area contributed by atoms with Crippen LogP contribution >= 0.6 is 0 Å². The normalized spacial score (nSPS) is 16.6. The van der Waals surface area contributed by atoms with Crippen LogP contribution in [0.4, 0.5) is 0 Å². The third-order valence-electron chi connectivity index (χ3n) is 7.55. The molecule has 1 aromatic heterocycles. The van der Waals surface area contributed by atoms with Gasteiger partial charge < -0.3 is 19.6 Å². The van der Waals surface area contributed by atoms with E-state index >= 15 is 0 Å². The van der Waals surface area contributed by atoms with Crippen LogP contribution in [0.25, 0.3) is 0 Å². The number of hydrogen-bond acceptors (Lipinski definition) is 5. The van der Waals surface area contributed by atoms with Crippen LogP contribution in [0.2, 0.25) is 0 Å². The van der Waals surface area contributed by atoms with Gasteiger partial charge >= 0.3 is 0 Å². The van der Waals surface area contributed by atoms with E-state index < -0.39 is 0 Å². The predicted molar refractivity (Wildman–Crippen MR) is 142 cm³/mol. The summed E-state index contributed by atoms with van der Waals surface area (Å²) in [6.07, 6.45) is 1.68. The first-order valence-corrected chi connectivity index (χ1v) is 13.5. The lowest BCUT2D eigenvalue weighted by molar-refractivity contribution is -0.138. The zero-order valence-electron chi connectivity index (χ0n) is 22.6. The van der Waals surface area contributed by atoms with E-state index in [0.717, 1.165) is 18.4 Å². The molecular formula is C28H38N6O4. The predicted octanol–water partition coefficient (Wildman–Crippen LogP) is 2.25. The van der Waals surface area contributed by atoms with Gasteiger partial charge in [-0.3, -0.25) is 23.9 Å². The van der Waals surface area contributed by atoms with Crippen LogP contribution in [-0.4, -0.2) is 98.3 Å². The standard InChI is InChI=1S/C28H38N6O4/c1-4-21(2)33(14-11-26(36)31-17-15-30(16-18-31)22(3)35)27(37)24-19-25-28(38)32(12-8-13-34(25)29-24)20-23-9-6-5-7-10-23/h5-7,9-10,19,21H,4,8,11-18,20H2,1-3H3/t21-/m0/s1. The molecule has 0 saturated carbocycles. The summed E-state index contributed by atoms with van der Waals surface area (Å²) in [4.78, 5) is 58.4. The van der Waals surface area contributed by atoms with E-state index in [1.807, 2.05) is 44.2 Å². The third-order valence-corrected chi connectivity index (χ3v) is 7.55. The molecule has 1 saturated heterocycles. The Kier molecular flexibility index (Phi) is 8.81. The fourth-order valence-electron chi connectivity index (χ4n) is 5.03. The number of piperazine rings is 1. The second-order valence-electron chi connectivity index (χ2n) is 10.1. The highest BCUT2D eigenvalue weighted by Crippen LogP contribution is 2.19. The Bertz CT molecular complexity index is 1160. The minimum Gasteiger partial charge on any atom is -0.339 e. The van der Waals surface area contributed by atoms with Crippen molar-refractivity contribution in [3.8, 4) is 0 Å². The average Bonchev–Trinajstić information content (AvgIpc) is 3.30. The van der Waals surface area contributed by atoms with Gasteiger partial charge in [-0.05, 0) is 25.3 Å². The Morgan fingerprint density at radius 3 is 2.34 bits per heavy atom. The Balaban J connectivity index is 1.43. The molecular weight excluding hydrogens is 484 g/mol. The molecule has 3 heterocycles. The second-order valence-corrected chi connectivity index (χ2v) is 10.1. The van der Waals surface area contributed by atoms with Crippen LogP contribution in [0.1, 0.15) is 66.6 Å². The number of amides is 4.